The van der Waals surface area contributed by atoms with Crippen LogP contribution >= 0.6 is 23.2 Å². The van der Waals surface area contributed by atoms with Crippen LogP contribution in [-0.4, -0.2) is 17.6 Å². The van der Waals surface area contributed by atoms with Gasteiger partial charge in [-0.05, 0) is 12.8 Å². The topological polar surface area (TPSA) is 49.9 Å². The highest BCUT2D eigenvalue weighted by atomic mass is 35.5. The Bertz CT molecular complexity index is 213. The molecule has 2 nitrogen and oxygen atoms in total. The van der Waals surface area contributed by atoms with Crippen molar-refractivity contribution in [1.29, 1.82) is 5.41 Å². The van der Waals surface area contributed by atoms with E-state index in [0.29, 0.717) is 12.1 Å². The molecule has 12 heavy (non-hydrogen) atoms. The Morgan fingerprint density at radius 1 is 1.75 bits per heavy atom. The van der Waals surface area contributed by atoms with Crippen LogP contribution in [0.2, 0.25) is 0 Å². The maximum Gasteiger partial charge on any atom is 0.0604 e. The van der Waals surface area contributed by atoms with Crippen molar-refractivity contribution in [2.75, 3.05) is 5.88 Å². The molecule has 2 atom stereocenters. The number of nitrogens with one attached hydrogen (secondary N) is 1. The normalized spacial score (nSPS) is 29.8. The van der Waals surface area contributed by atoms with E-state index in [0.717, 1.165) is 11.5 Å². The molecule has 68 valence electrons. The third-order valence-corrected chi connectivity index (χ3v) is 2.73. The summed E-state index contributed by atoms with van der Waals surface area (Å²) in [7, 11) is 0. The second kappa shape index (κ2) is 4.26. The molecule has 1 rings (SSSR count). The van der Waals surface area contributed by atoms with Gasteiger partial charge in [0.15, 0.2) is 0 Å². The van der Waals surface area contributed by atoms with E-state index in [9.17, 15) is 0 Å². The predicted molar refractivity (Wildman–Crippen MR) is 53.1 cm³/mol. The Balaban J connectivity index is 2.65. The van der Waals surface area contributed by atoms with Crippen molar-refractivity contribution in [3.05, 3.63) is 11.1 Å². The van der Waals surface area contributed by atoms with E-state index in [1.165, 1.54) is 0 Å². The first-order valence-corrected chi connectivity index (χ1v) is 4.79. The zero-order valence-electron chi connectivity index (χ0n) is 6.69. The zero-order chi connectivity index (χ0) is 9.14. The van der Waals surface area contributed by atoms with E-state index < -0.39 is 0 Å². The minimum atomic E-state index is 0.0127. The molecule has 0 saturated heterocycles. The smallest absolute Gasteiger partial charge is 0.0604 e. The van der Waals surface area contributed by atoms with Crippen molar-refractivity contribution in [2.24, 2.45) is 11.7 Å². The van der Waals surface area contributed by atoms with Crippen LogP contribution in [0.25, 0.3) is 0 Å². The summed E-state index contributed by atoms with van der Waals surface area (Å²) >= 11 is 11.4. The number of hydrogen-bond donors (Lipinski definition) is 2. The lowest BCUT2D eigenvalue weighted by Gasteiger charge is -2.26. The third-order valence-electron chi connectivity index (χ3n) is 2.13. The molecule has 1 aliphatic carbocycles. The molecular formula is C8H12Cl2N2. The van der Waals surface area contributed by atoms with Gasteiger partial charge in [-0.1, -0.05) is 17.7 Å². The van der Waals surface area contributed by atoms with Crippen molar-refractivity contribution in [1.82, 2.24) is 0 Å². The van der Waals surface area contributed by atoms with Crippen LogP contribution in [0.3, 0.4) is 0 Å². The molecule has 0 radical (unpaired) electrons. The predicted octanol–water partition coefficient (Wildman–Crippen LogP) is 2.10. The second-order valence-electron chi connectivity index (χ2n) is 3.02. The summed E-state index contributed by atoms with van der Waals surface area (Å²) in [5.74, 6) is 0.294. The first kappa shape index (κ1) is 10.0. The van der Waals surface area contributed by atoms with Crippen LogP contribution in [0.15, 0.2) is 11.1 Å². The number of allylic oxidation sites excluding steroid dienone is 1. The Kier molecular flexibility index (Phi) is 3.56. The summed E-state index contributed by atoms with van der Waals surface area (Å²) in [5, 5.41) is 8.36. The largest absolute Gasteiger partial charge is 0.327 e. The maximum absolute atomic E-state index is 7.55. The molecule has 0 heterocycles. The van der Waals surface area contributed by atoms with Gasteiger partial charge < -0.3 is 11.1 Å². The van der Waals surface area contributed by atoms with Crippen molar-refractivity contribution in [2.45, 2.75) is 18.9 Å². The van der Waals surface area contributed by atoms with E-state index in [1.807, 2.05) is 6.08 Å². The Labute approximate surface area is 82.2 Å². The molecule has 0 amide bonds. The molecule has 0 fully saturated rings. The van der Waals surface area contributed by atoms with Gasteiger partial charge in [0.1, 0.15) is 0 Å². The van der Waals surface area contributed by atoms with Gasteiger partial charge in [-0.25, -0.2) is 0 Å². The summed E-state index contributed by atoms with van der Waals surface area (Å²) < 4.78 is 0. The van der Waals surface area contributed by atoms with E-state index in [2.05, 4.69) is 0 Å². The van der Waals surface area contributed by atoms with Crippen LogP contribution in [0.5, 0.6) is 0 Å². The molecule has 0 aromatic carbocycles. The van der Waals surface area contributed by atoms with Gasteiger partial charge in [0.25, 0.3) is 0 Å². The molecule has 0 saturated carbocycles. The number of alkyl halides is 1. The molecule has 0 bridgehead atoms. The first-order chi connectivity index (χ1) is 5.65. The summed E-state index contributed by atoms with van der Waals surface area (Å²) in [5.41, 5.74) is 6.31. The lowest BCUT2D eigenvalue weighted by molar-refractivity contribution is 0.510. The molecule has 0 spiro atoms. The number of halogens is 2. The molecule has 0 aromatic rings. The number of hydrogen-bond acceptors (Lipinski definition) is 2. The van der Waals surface area contributed by atoms with Gasteiger partial charge in [-0.2, -0.15) is 0 Å². The Morgan fingerprint density at radius 2 is 2.42 bits per heavy atom. The number of rotatable bonds is 2. The van der Waals surface area contributed by atoms with Crippen molar-refractivity contribution in [3.63, 3.8) is 0 Å². The van der Waals surface area contributed by atoms with E-state index in [4.69, 9.17) is 34.3 Å². The SMILES string of the molecule is N=C(CCl)C1CC(Cl)=CCC1N. The van der Waals surface area contributed by atoms with Crippen LogP contribution in [0.4, 0.5) is 0 Å². The molecular weight excluding hydrogens is 195 g/mol. The minimum Gasteiger partial charge on any atom is -0.327 e. The van der Waals surface area contributed by atoms with Crippen LogP contribution in [0, 0.1) is 11.3 Å². The highest BCUT2D eigenvalue weighted by molar-refractivity contribution is 6.30. The molecule has 3 N–H and O–H groups in total. The fraction of sp³-hybridized carbons (Fsp3) is 0.625. The molecule has 0 aromatic heterocycles. The highest BCUT2D eigenvalue weighted by Crippen LogP contribution is 2.26. The number of nitrogens with two attached hydrogens (primary N) is 1. The minimum absolute atomic E-state index is 0.0127. The summed E-state index contributed by atoms with van der Waals surface area (Å²) in [6.45, 7) is 0. The van der Waals surface area contributed by atoms with E-state index >= 15 is 0 Å². The Hall–Kier alpha value is -0.0500. The van der Waals surface area contributed by atoms with Gasteiger partial charge in [0.2, 0.25) is 0 Å². The summed E-state index contributed by atoms with van der Waals surface area (Å²) in [6.07, 6.45) is 3.35. The van der Waals surface area contributed by atoms with Gasteiger partial charge in [-0.3, -0.25) is 0 Å². The maximum atomic E-state index is 7.55. The lowest BCUT2D eigenvalue weighted by Crippen LogP contribution is -2.37. The quantitative estimate of drug-likeness (QED) is 0.528. The van der Waals surface area contributed by atoms with Crippen LogP contribution < -0.4 is 5.73 Å². The van der Waals surface area contributed by atoms with Gasteiger partial charge in [0, 0.05) is 22.7 Å². The van der Waals surface area contributed by atoms with E-state index in [1.54, 1.807) is 0 Å². The standard InChI is InChI=1S/C8H12Cl2N2/c9-4-8(12)6-3-5(10)1-2-7(6)11/h1,6-7,12H,2-4,11H2. The average Bonchev–Trinajstić information content (AvgIpc) is 2.08. The zero-order valence-corrected chi connectivity index (χ0v) is 8.20. The summed E-state index contributed by atoms with van der Waals surface area (Å²) in [4.78, 5) is 0. The lowest BCUT2D eigenvalue weighted by atomic mass is 9.86. The fourth-order valence-electron chi connectivity index (χ4n) is 1.35. The third kappa shape index (κ3) is 2.22. The fourth-order valence-corrected chi connectivity index (χ4v) is 1.81. The highest BCUT2D eigenvalue weighted by Gasteiger charge is 2.25. The summed E-state index contributed by atoms with van der Waals surface area (Å²) in [6, 6.07) is 0.0127. The molecule has 4 heteroatoms. The second-order valence-corrected chi connectivity index (χ2v) is 3.77. The van der Waals surface area contributed by atoms with Crippen LogP contribution in [0.1, 0.15) is 12.8 Å². The molecule has 0 aliphatic heterocycles. The van der Waals surface area contributed by atoms with Gasteiger partial charge >= 0.3 is 0 Å². The molecule has 1 aliphatic rings. The van der Waals surface area contributed by atoms with Gasteiger partial charge in [-0.15, -0.1) is 11.6 Å². The van der Waals surface area contributed by atoms with Crippen LogP contribution in [-0.2, 0) is 0 Å². The first-order valence-electron chi connectivity index (χ1n) is 3.88. The van der Waals surface area contributed by atoms with E-state index in [-0.39, 0.29) is 17.8 Å². The molecule has 2 unspecified atom stereocenters. The average molecular weight is 207 g/mol. The van der Waals surface area contributed by atoms with Crippen molar-refractivity contribution >= 4 is 28.9 Å². The van der Waals surface area contributed by atoms with Gasteiger partial charge in [0.05, 0.1) is 5.88 Å². The van der Waals surface area contributed by atoms with Crippen molar-refractivity contribution < 1.29 is 0 Å². The van der Waals surface area contributed by atoms with Crippen molar-refractivity contribution in [3.8, 4) is 0 Å². The monoisotopic (exact) mass is 206 g/mol. The Morgan fingerprint density at radius 3 is 3.00 bits per heavy atom.